The molecule has 0 spiro atoms. The van der Waals surface area contributed by atoms with Crippen LogP contribution < -0.4 is 0 Å². The Bertz CT molecular complexity index is 649. The van der Waals surface area contributed by atoms with E-state index >= 15 is 0 Å². The Morgan fingerprint density at radius 2 is 2.04 bits per heavy atom. The maximum absolute atomic E-state index is 13.9. The van der Waals surface area contributed by atoms with Gasteiger partial charge in [0.1, 0.15) is 0 Å². The second kappa shape index (κ2) is 6.87. The smallest absolute Gasteiger partial charge is 0.303 e. The summed E-state index contributed by atoms with van der Waals surface area (Å²) in [6, 6.07) is 4.02. The van der Waals surface area contributed by atoms with Crippen LogP contribution in [0.5, 0.6) is 0 Å². The highest BCUT2D eigenvalue weighted by molar-refractivity contribution is 5.83. The third-order valence-electron chi connectivity index (χ3n) is 5.09. The molecule has 3 rings (SSSR count). The summed E-state index contributed by atoms with van der Waals surface area (Å²) >= 11 is 0. The van der Waals surface area contributed by atoms with Gasteiger partial charge in [0.05, 0.1) is 0 Å². The standard InChI is InChI=1S/C18H21F2NO3/c19-15-6-3-5-12(17(15)20)13-10-14(13)18(24)21-9-2-1-4-11(21)7-8-16(22)23/h3,5-6,11,13-14H,1-2,4,7-10H2,(H,22,23). The molecule has 3 atom stereocenters. The maximum Gasteiger partial charge on any atom is 0.303 e. The summed E-state index contributed by atoms with van der Waals surface area (Å²) in [7, 11) is 0. The molecule has 1 aromatic rings. The van der Waals surface area contributed by atoms with Gasteiger partial charge in [-0.05, 0) is 49.7 Å². The first kappa shape index (κ1) is 16.9. The molecule has 24 heavy (non-hydrogen) atoms. The minimum atomic E-state index is -0.886. The lowest BCUT2D eigenvalue weighted by Crippen LogP contribution is -2.44. The molecule has 1 saturated carbocycles. The fourth-order valence-corrected chi connectivity index (χ4v) is 3.71. The summed E-state index contributed by atoms with van der Waals surface area (Å²) in [5, 5.41) is 8.86. The Labute approximate surface area is 139 Å². The van der Waals surface area contributed by atoms with Crippen molar-refractivity contribution in [3.05, 3.63) is 35.4 Å². The minimum Gasteiger partial charge on any atom is -0.481 e. The summed E-state index contributed by atoms with van der Waals surface area (Å²) < 4.78 is 27.3. The number of amides is 1. The zero-order valence-corrected chi connectivity index (χ0v) is 13.4. The number of hydrogen-bond acceptors (Lipinski definition) is 2. The van der Waals surface area contributed by atoms with E-state index < -0.39 is 17.6 Å². The highest BCUT2D eigenvalue weighted by Gasteiger charge is 2.48. The van der Waals surface area contributed by atoms with Gasteiger partial charge in [0.2, 0.25) is 5.91 Å². The van der Waals surface area contributed by atoms with Crippen LogP contribution in [-0.4, -0.2) is 34.5 Å². The van der Waals surface area contributed by atoms with Crippen molar-refractivity contribution in [3.63, 3.8) is 0 Å². The second-order valence-electron chi connectivity index (χ2n) is 6.71. The minimum absolute atomic E-state index is 0.0427. The molecule has 130 valence electrons. The van der Waals surface area contributed by atoms with Crippen molar-refractivity contribution in [1.29, 1.82) is 0 Å². The first-order valence-corrected chi connectivity index (χ1v) is 8.45. The van der Waals surface area contributed by atoms with Crippen LogP contribution in [0.25, 0.3) is 0 Å². The molecular weight excluding hydrogens is 316 g/mol. The zero-order chi connectivity index (χ0) is 17.3. The molecule has 0 aromatic heterocycles. The van der Waals surface area contributed by atoms with Gasteiger partial charge in [0, 0.05) is 24.9 Å². The third-order valence-corrected chi connectivity index (χ3v) is 5.09. The number of likely N-dealkylation sites (tertiary alicyclic amines) is 1. The van der Waals surface area contributed by atoms with Gasteiger partial charge >= 0.3 is 5.97 Å². The monoisotopic (exact) mass is 337 g/mol. The van der Waals surface area contributed by atoms with E-state index in [-0.39, 0.29) is 35.8 Å². The quantitative estimate of drug-likeness (QED) is 0.897. The molecule has 4 nitrogen and oxygen atoms in total. The number of carbonyl (C=O) groups excluding carboxylic acids is 1. The second-order valence-corrected chi connectivity index (χ2v) is 6.71. The number of benzene rings is 1. The fraction of sp³-hybridized carbons (Fsp3) is 0.556. The van der Waals surface area contributed by atoms with Gasteiger partial charge in [-0.1, -0.05) is 12.1 Å². The first-order chi connectivity index (χ1) is 11.5. The number of piperidine rings is 1. The summed E-state index contributed by atoms with van der Waals surface area (Å²) in [6.07, 6.45) is 3.72. The van der Waals surface area contributed by atoms with Crippen LogP contribution in [0.3, 0.4) is 0 Å². The number of aliphatic carboxylic acids is 1. The van der Waals surface area contributed by atoms with Crippen molar-refractivity contribution in [2.24, 2.45) is 5.92 Å². The number of carboxylic acids is 1. The van der Waals surface area contributed by atoms with Crippen molar-refractivity contribution < 1.29 is 23.5 Å². The highest BCUT2D eigenvalue weighted by atomic mass is 19.2. The Morgan fingerprint density at radius 1 is 1.25 bits per heavy atom. The van der Waals surface area contributed by atoms with Crippen LogP contribution >= 0.6 is 0 Å². The molecule has 3 unspecified atom stereocenters. The number of hydrogen-bond donors (Lipinski definition) is 1. The molecule has 1 N–H and O–H groups in total. The number of nitrogens with zero attached hydrogens (tertiary/aromatic N) is 1. The molecule has 6 heteroatoms. The lowest BCUT2D eigenvalue weighted by atomic mass is 9.97. The first-order valence-electron chi connectivity index (χ1n) is 8.45. The molecule has 0 radical (unpaired) electrons. The summed E-state index contributed by atoms with van der Waals surface area (Å²) in [4.78, 5) is 25.3. The van der Waals surface area contributed by atoms with E-state index in [1.807, 2.05) is 0 Å². The SMILES string of the molecule is O=C(O)CCC1CCCCN1C(=O)C1CC1c1cccc(F)c1F. The zero-order valence-electron chi connectivity index (χ0n) is 13.4. The van der Waals surface area contributed by atoms with Crippen LogP contribution in [-0.2, 0) is 9.59 Å². The van der Waals surface area contributed by atoms with Crippen molar-refractivity contribution in [1.82, 2.24) is 4.90 Å². The molecule has 0 bridgehead atoms. The fourth-order valence-electron chi connectivity index (χ4n) is 3.71. The molecule has 2 aliphatic rings. The number of carboxylic acid groups (broad SMARTS) is 1. The number of carbonyl (C=O) groups is 2. The van der Waals surface area contributed by atoms with E-state index in [4.69, 9.17) is 5.11 Å². The van der Waals surface area contributed by atoms with Gasteiger partial charge in [-0.25, -0.2) is 8.78 Å². The van der Waals surface area contributed by atoms with Crippen LogP contribution in [0.15, 0.2) is 18.2 Å². The van der Waals surface area contributed by atoms with Crippen LogP contribution in [0.4, 0.5) is 8.78 Å². The summed E-state index contributed by atoms with van der Waals surface area (Å²) in [5.41, 5.74) is 0.271. The van der Waals surface area contributed by atoms with Gasteiger partial charge in [-0.3, -0.25) is 9.59 Å². The van der Waals surface area contributed by atoms with Crippen molar-refractivity contribution >= 4 is 11.9 Å². The average Bonchev–Trinajstić information content (AvgIpc) is 3.35. The van der Waals surface area contributed by atoms with Gasteiger partial charge in [0.15, 0.2) is 11.6 Å². The van der Waals surface area contributed by atoms with Crippen LogP contribution in [0.2, 0.25) is 0 Å². The lowest BCUT2D eigenvalue weighted by Gasteiger charge is -2.36. The van der Waals surface area contributed by atoms with E-state index in [1.54, 1.807) is 4.90 Å². The van der Waals surface area contributed by atoms with Crippen LogP contribution in [0.1, 0.15) is 50.0 Å². The van der Waals surface area contributed by atoms with Crippen molar-refractivity contribution in [2.75, 3.05) is 6.54 Å². The highest BCUT2D eigenvalue weighted by Crippen LogP contribution is 2.50. The molecular formula is C18H21F2NO3. The van der Waals surface area contributed by atoms with Crippen LogP contribution in [0, 0.1) is 17.6 Å². The molecule has 1 saturated heterocycles. The topological polar surface area (TPSA) is 57.6 Å². The Kier molecular flexibility index (Phi) is 4.83. The van der Waals surface area contributed by atoms with Gasteiger partial charge in [-0.15, -0.1) is 0 Å². The van der Waals surface area contributed by atoms with E-state index in [2.05, 4.69) is 0 Å². The van der Waals surface area contributed by atoms with Gasteiger partial charge in [-0.2, -0.15) is 0 Å². The molecule has 1 aliphatic carbocycles. The number of rotatable bonds is 5. The largest absolute Gasteiger partial charge is 0.481 e. The lowest BCUT2D eigenvalue weighted by molar-refractivity contribution is -0.140. The summed E-state index contributed by atoms with van der Waals surface area (Å²) in [6.45, 7) is 0.623. The van der Waals surface area contributed by atoms with Crippen molar-refractivity contribution in [2.45, 2.75) is 50.5 Å². The van der Waals surface area contributed by atoms with E-state index in [9.17, 15) is 18.4 Å². The predicted octanol–water partition coefficient (Wildman–Crippen LogP) is 3.31. The van der Waals surface area contributed by atoms with E-state index in [0.29, 0.717) is 19.4 Å². The maximum atomic E-state index is 13.9. The normalized spacial score (nSPS) is 26.2. The van der Waals surface area contributed by atoms with Gasteiger partial charge in [0.25, 0.3) is 0 Å². The molecule has 1 aliphatic heterocycles. The van der Waals surface area contributed by atoms with E-state index in [1.165, 1.54) is 12.1 Å². The number of halogens is 2. The predicted molar refractivity (Wildman–Crippen MR) is 83.4 cm³/mol. The van der Waals surface area contributed by atoms with Crippen molar-refractivity contribution in [3.8, 4) is 0 Å². The average molecular weight is 337 g/mol. The molecule has 1 aromatic carbocycles. The Balaban J connectivity index is 1.67. The third kappa shape index (κ3) is 3.42. The summed E-state index contributed by atoms with van der Waals surface area (Å²) in [5.74, 6) is -3.23. The molecule has 2 fully saturated rings. The molecule has 1 heterocycles. The van der Waals surface area contributed by atoms with Gasteiger partial charge < -0.3 is 10.0 Å². The Morgan fingerprint density at radius 3 is 2.79 bits per heavy atom. The van der Waals surface area contributed by atoms with E-state index in [0.717, 1.165) is 25.3 Å². The Hall–Kier alpha value is -1.98. The molecule has 1 amide bonds.